The first-order valence-corrected chi connectivity index (χ1v) is 8.70. The van der Waals surface area contributed by atoms with Gasteiger partial charge in [-0.25, -0.2) is 5.43 Å². The van der Waals surface area contributed by atoms with Crippen molar-refractivity contribution < 1.29 is 14.6 Å². The number of H-pyrrole nitrogens is 1. The van der Waals surface area contributed by atoms with E-state index < -0.39 is 5.91 Å². The molecule has 128 valence electrons. The van der Waals surface area contributed by atoms with Gasteiger partial charge in [0, 0.05) is 5.56 Å². The number of methoxy groups -OCH3 is 1. The third kappa shape index (κ3) is 3.89. The molecule has 0 atom stereocenters. The number of hydrogen-bond donors (Lipinski definition) is 3. The number of carbonyl (C=O) groups excluding carboxylic acids is 1. The maximum atomic E-state index is 12.1. The number of hydrogen-bond acceptors (Lipinski definition) is 6. The Labute approximate surface area is 155 Å². The van der Waals surface area contributed by atoms with E-state index >= 15 is 0 Å². The number of para-hydroxylation sites is 1. The van der Waals surface area contributed by atoms with Gasteiger partial charge >= 0.3 is 0 Å². The summed E-state index contributed by atoms with van der Waals surface area (Å²) in [6, 6.07) is 10.5. The number of amides is 1. The van der Waals surface area contributed by atoms with Crippen molar-refractivity contribution in [3.05, 3.63) is 51.4 Å². The van der Waals surface area contributed by atoms with E-state index in [1.807, 2.05) is 12.1 Å². The number of carbonyl (C=O) groups is 1. The highest BCUT2D eigenvalue weighted by atomic mass is 79.9. The van der Waals surface area contributed by atoms with Crippen LogP contribution in [0.2, 0.25) is 0 Å². The van der Waals surface area contributed by atoms with Crippen LogP contribution >= 0.6 is 27.3 Å². The number of aromatic hydroxyl groups is 1. The van der Waals surface area contributed by atoms with Crippen LogP contribution in [-0.4, -0.2) is 34.5 Å². The number of thiophene rings is 1. The van der Waals surface area contributed by atoms with Crippen LogP contribution in [0, 0.1) is 0 Å². The Hall–Kier alpha value is -2.65. The Balaban J connectivity index is 1.68. The smallest absolute Gasteiger partial charge is 0.291 e. The van der Waals surface area contributed by atoms with E-state index in [2.05, 4.69) is 36.7 Å². The van der Waals surface area contributed by atoms with Crippen molar-refractivity contribution in [2.75, 3.05) is 7.11 Å². The lowest BCUT2D eigenvalue weighted by Gasteiger charge is -2.04. The van der Waals surface area contributed by atoms with Gasteiger partial charge in [-0.15, -0.1) is 11.3 Å². The topological polar surface area (TPSA) is 99.6 Å². The number of aromatic nitrogens is 2. The molecule has 25 heavy (non-hydrogen) atoms. The quantitative estimate of drug-likeness (QED) is 0.435. The standard InChI is InChI=1S/C16H13BrN4O3S/c1-24-12-4-2-3-9(15(12)22)8-18-21-16(23)11-7-10(19-20-11)13-5-6-14(17)25-13/h2-8,22H,1H3,(H,19,20)(H,21,23)/b18-8+. The van der Waals surface area contributed by atoms with E-state index in [0.717, 1.165) is 14.4 Å². The summed E-state index contributed by atoms with van der Waals surface area (Å²) in [6.07, 6.45) is 1.33. The molecular formula is C16H13BrN4O3S. The maximum Gasteiger partial charge on any atom is 0.291 e. The molecular weight excluding hydrogens is 408 g/mol. The molecule has 1 amide bonds. The second-order valence-corrected chi connectivity index (χ2v) is 7.33. The van der Waals surface area contributed by atoms with Crippen molar-refractivity contribution in [3.63, 3.8) is 0 Å². The molecule has 3 rings (SSSR count). The van der Waals surface area contributed by atoms with Crippen molar-refractivity contribution >= 4 is 39.4 Å². The van der Waals surface area contributed by atoms with E-state index in [1.165, 1.54) is 24.7 Å². The van der Waals surface area contributed by atoms with E-state index in [1.54, 1.807) is 24.3 Å². The summed E-state index contributed by atoms with van der Waals surface area (Å²) in [6.45, 7) is 0. The second-order valence-electron chi connectivity index (χ2n) is 4.87. The van der Waals surface area contributed by atoms with E-state index in [4.69, 9.17) is 4.74 Å². The largest absolute Gasteiger partial charge is 0.504 e. The summed E-state index contributed by atoms with van der Waals surface area (Å²) in [4.78, 5) is 13.1. The molecule has 0 saturated heterocycles. The summed E-state index contributed by atoms with van der Waals surface area (Å²) < 4.78 is 6.00. The van der Waals surface area contributed by atoms with Gasteiger partial charge in [-0.05, 0) is 46.3 Å². The summed E-state index contributed by atoms with van der Waals surface area (Å²) in [5, 5.41) is 20.6. The third-order valence-electron chi connectivity index (χ3n) is 3.27. The van der Waals surface area contributed by atoms with Gasteiger partial charge in [0.2, 0.25) is 0 Å². The molecule has 0 fully saturated rings. The van der Waals surface area contributed by atoms with E-state index in [0.29, 0.717) is 11.3 Å². The van der Waals surface area contributed by atoms with Gasteiger partial charge in [-0.1, -0.05) is 6.07 Å². The van der Waals surface area contributed by atoms with Gasteiger partial charge in [-0.2, -0.15) is 10.2 Å². The van der Waals surface area contributed by atoms with Gasteiger partial charge in [0.05, 0.1) is 27.7 Å². The van der Waals surface area contributed by atoms with Crippen LogP contribution in [0.3, 0.4) is 0 Å². The van der Waals surface area contributed by atoms with Gasteiger partial charge in [0.15, 0.2) is 17.2 Å². The summed E-state index contributed by atoms with van der Waals surface area (Å²) in [5.74, 6) is -0.181. The molecule has 2 aromatic heterocycles. The zero-order valence-corrected chi connectivity index (χ0v) is 15.4. The number of benzene rings is 1. The van der Waals surface area contributed by atoms with Crippen molar-refractivity contribution in [1.29, 1.82) is 0 Å². The molecule has 3 aromatic rings. The van der Waals surface area contributed by atoms with Crippen molar-refractivity contribution in [2.24, 2.45) is 5.10 Å². The monoisotopic (exact) mass is 420 g/mol. The zero-order chi connectivity index (χ0) is 17.8. The Bertz CT molecular complexity index is 935. The van der Waals surface area contributed by atoms with Crippen LogP contribution in [0.5, 0.6) is 11.5 Å². The highest BCUT2D eigenvalue weighted by Crippen LogP contribution is 2.30. The lowest BCUT2D eigenvalue weighted by atomic mass is 10.2. The lowest BCUT2D eigenvalue weighted by molar-refractivity contribution is 0.0950. The molecule has 0 saturated carbocycles. The first-order valence-electron chi connectivity index (χ1n) is 7.09. The minimum atomic E-state index is -0.461. The zero-order valence-electron chi connectivity index (χ0n) is 13.0. The average molecular weight is 421 g/mol. The fraction of sp³-hybridized carbons (Fsp3) is 0.0625. The molecule has 0 bridgehead atoms. The fourth-order valence-corrected chi connectivity index (χ4v) is 3.40. The summed E-state index contributed by atoms with van der Waals surface area (Å²) in [7, 11) is 1.46. The minimum Gasteiger partial charge on any atom is -0.504 e. The Morgan fingerprint density at radius 2 is 2.28 bits per heavy atom. The highest BCUT2D eigenvalue weighted by Gasteiger charge is 2.12. The van der Waals surface area contributed by atoms with Crippen LogP contribution in [0.4, 0.5) is 0 Å². The van der Waals surface area contributed by atoms with E-state index in [9.17, 15) is 9.90 Å². The normalized spacial score (nSPS) is 11.0. The number of phenolic OH excluding ortho intramolecular Hbond substituents is 1. The average Bonchev–Trinajstić information content (AvgIpc) is 3.25. The number of nitrogens with one attached hydrogen (secondary N) is 2. The molecule has 1 aromatic carbocycles. The predicted molar refractivity (Wildman–Crippen MR) is 99.3 cm³/mol. The molecule has 7 nitrogen and oxygen atoms in total. The Morgan fingerprint density at radius 1 is 1.44 bits per heavy atom. The number of phenols is 1. The molecule has 2 heterocycles. The van der Waals surface area contributed by atoms with Crippen molar-refractivity contribution in [1.82, 2.24) is 15.6 Å². The minimum absolute atomic E-state index is 0.0478. The number of aromatic amines is 1. The molecule has 0 aliphatic heterocycles. The van der Waals surface area contributed by atoms with Crippen molar-refractivity contribution in [3.8, 4) is 22.1 Å². The lowest BCUT2D eigenvalue weighted by Crippen LogP contribution is -2.18. The van der Waals surface area contributed by atoms with Crippen LogP contribution < -0.4 is 10.2 Å². The molecule has 0 unspecified atom stereocenters. The highest BCUT2D eigenvalue weighted by molar-refractivity contribution is 9.11. The first kappa shape index (κ1) is 17.2. The van der Waals surface area contributed by atoms with Crippen LogP contribution in [0.15, 0.2) is 45.3 Å². The maximum absolute atomic E-state index is 12.1. The Kier molecular flexibility index (Phi) is 5.15. The van der Waals surface area contributed by atoms with Crippen LogP contribution in [0.1, 0.15) is 16.1 Å². The van der Waals surface area contributed by atoms with Gasteiger partial charge in [0.25, 0.3) is 5.91 Å². The van der Waals surface area contributed by atoms with Crippen LogP contribution in [0.25, 0.3) is 10.6 Å². The molecule has 9 heteroatoms. The number of rotatable bonds is 5. The molecule has 0 radical (unpaired) electrons. The summed E-state index contributed by atoms with van der Waals surface area (Å²) in [5.41, 5.74) is 3.75. The molecule has 3 N–H and O–H groups in total. The van der Waals surface area contributed by atoms with Crippen LogP contribution in [-0.2, 0) is 0 Å². The number of hydrazone groups is 1. The first-order chi connectivity index (χ1) is 12.1. The number of halogens is 1. The molecule has 0 aliphatic carbocycles. The number of ether oxygens (including phenoxy) is 1. The fourth-order valence-electron chi connectivity index (χ4n) is 2.05. The summed E-state index contributed by atoms with van der Waals surface area (Å²) >= 11 is 4.92. The van der Waals surface area contributed by atoms with Crippen molar-refractivity contribution in [2.45, 2.75) is 0 Å². The Morgan fingerprint density at radius 3 is 3.00 bits per heavy atom. The number of nitrogens with zero attached hydrogens (tertiary/aromatic N) is 2. The molecule has 0 spiro atoms. The van der Waals surface area contributed by atoms with Gasteiger partial charge in [0.1, 0.15) is 0 Å². The van der Waals surface area contributed by atoms with Gasteiger partial charge < -0.3 is 9.84 Å². The second kappa shape index (κ2) is 7.49. The SMILES string of the molecule is COc1cccc(/C=N/NC(=O)c2cc(-c3ccc(Br)s3)[nH]n2)c1O. The van der Waals surface area contributed by atoms with E-state index in [-0.39, 0.29) is 11.4 Å². The van der Waals surface area contributed by atoms with Gasteiger partial charge in [-0.3, -0.25) is 9.89 Å². The molecule has 0 aliphatic rings. The third-order valence-corrected chi connectivity index (χ3v) is 4.93. The predicted octanol–water partition coefficient (Wildman–Crippen LogP) is 3.38.